The van der Waals surface area contributed by atoms with Gasteiger partial charge in [-0.3, -0.25) is 9.97 Å². The summed E-state index contributed by atoms with van der Waals surface area (Å²) in [7, 11) is 2.96. The predicted molar refractivity (Wildman–Crippen MR) is 89.3 cm³/mol. The molecule has 0 amide bonds. The lowest BCUT2D eigenvalue weighted by atomic mass is 10.0. The lowest BCUT2D eigenvalue weighted by Crippen LogP contribution is -2.06. The Labute approximate surface area is 139 Å². The number of hydrogen-bond donors (Lipinski definition) is 1. The van der Waals surface area contributed by atoms with Gasteiger partial charge in [0.05, 0.1) is 30.7 Å². The number of nitrogens with one attached hydrogen (secondary N) is 1. The van der Waals surface area contributed by atoms with Crippen LogP contribution in [0.5, 0.6) is 0 Å². The molecule has 3 heterocycles. The molecule has 0 saturated heterocycles. The number of methoxy groups -OCH3 is 2. The van der Waals surface area contributed by atoms with Crippen molar-refractivity contribution in [2.24, 2.45) is 0 Å². The highest BCUT2D eigenvalue weighted by atomic mass is 16.5. The second-order valence-corrected chi connectivity index (χ2v) is 5.12. The molecule has 1 N–H and O–H groups in total. The molecule has 0 fully saturated rings. The molecule has 0 aliphatic rings. The first kappa shape index (κ1) is 15.9. The summed E-state index contributed by atoms with van der Waals surface area (Å²) < 4.78 is 10.3. The third-order valence-corrected chi connectivity index (χ3v) is 3.72. The van der Waals surface area contributed by atoms with Crippen molar-refractivity contribution in [2.75, 3.05) is 14.2 Å². The summed E-state index contributed by atoms with van der Waals surface area (Å²) >= 11 is 0. The van der Waals surface area contributed by atoms with Gasteiger partial charge < -0.3 is 14.5 Å². The molecule has 122 valence electrons. The minimum Gasteiger partial charge on any atom is -0.465 e. The van der Waals surface area contributed by atoms with Crippen LogP contribution in [0.25, 0.3) is 22.5 Å². The van der Waals surface area contributed by atoms with Crippen molar-refractivity contribution in [3.8, 4) is 22.5 Å². The SMILES string of the molecule is COCc1c(-c2ccncc2)[nH]c(-c2ccncc2)c1C(=O)OC. The zero-order chi connectivity index (χ0) is 16.9. The molecule has 0 saturated carbocycles. The summed E-state index contributed by atoms with van der Waals surface area (Å²) in [4.78, 5) is 23.8. The van der Waals surface area contributed by atoms with Crippen molar-refractivity contribution in [3.63, 3.8) is 0 Å². The number of hydrogen-bond acceptors (Lipinski definition) is 5. The van der Waals surface area contributed by atoms with Crippen molar-refractivity contribution in [1.82, 2.24) is 15.0 Å². The standard InChI is InChI=1S/C18H17N3O3/c1-23-11-14-15(18(22)24-2)17(13-5-9-20-10-6-13)21-16(14)12-3-7-19-8-4-12/h3-10,21H,11H2,1-2H3. The van der Waals surface area contributed by atoms with E-state index in [9.17, 15) is 4.79 Å². The molecule has 3 aromatic heterocycles. The largest absolute Gasteiger partial charge is 0.465 e. The first-order valence-corrected chi connectivity index (χ1v) is 7.39. The number of pyridine rings is 2. The molecule has 0 spiro atoms. The highest BCUT2D eigenvalue weighted by Gasteiger charge is 2.25. The topological polar surface area (TPSA) is 77.1 Å². The van der Waals surface area contributed by atoms with Gasteiger partial charge in [0, 0.05) is 48.6 Å². The maximum atomic E-state index is 12.4. The van der Waals surface area contributed by atoms with E-state index in [1.807, 2.05) is 24.3 Å². The Balaban J connectivity index is 2.27. The summed E-state index contributed by atoms with van der Waals surface area (Å²) in [6.45, 7) is 0.281. The van der Waals surface area contributed by atoms with E-state index in [4.69, 9.17) is 9.47 Å². The van der Waals surface area contributed by atoms with Crippen molar-refractivity contribution in [2.45, 2.75) is 6.61 Å². The van der Waals surface area contributed by atoms with E-state index in [1.54, 1.807) is 31.9 Å². The fourth-order valence-corrected chi connectivity index (χ4v) is 2.65. The summed E-state index contributed by atoms with van der Waals surface area (Å²) in [6, 6.07) is 7.43. The number of carbonyl (C=O) groups is 1. The molecule has 0 radical (unpaired) electrons. The van der Waals surface area contributed by atoms with Crippen molar-refractivity contribution in [3.05, 3.63) is 60.2 Å². The maximum Gasteiger partial charge on any atom is 0.340 e. The highest BCUT2D eigenvalue weighted by Crippen LogP contribution is 2.34. The zero-order valence-electron chi connectivity index (χ0n) is 13.4. The van der Waals surface area contributed by atoms with Crippen LogP contribution in [0, 0.1) is 0 Å². The van der Waals surface area contributed by atoms with E-state index in [-0.39, 0.29) is 6.61 Å². The number of ether oxygens (including phenoxy) is 2. The second-order valence-electron chi connectivity index (χ2n) is 5.12. The molecule has 0 unspecified atom stereocenters. The number of esters is 1. The fourth-order valence-electron chi connectivity index (χ4n) is 2.65. The fraction of sp³-hybridized carbons (Fsp3) is 0.167. The summed E-state index contributed by atoms with van der Waals surface area (Å²) in [5.41, 5.74) is 4.49. The van der Waals surface area contributed by atoms with E-state index in [0.717, 1.165) is 22.4 Å². The summed E-state index contributed by atoms with van der Waals surface area (Å²) in [6.07, 6.45) is 6.77. The van der Waals surface area contributed by atoms with Crippen LogP contribution in [0.3, 0.4) is 0 Å². The van der Waals surface area contributed by atoms with Crippen LogP contribution in [0.15, 0.2) is 49.1 Å². The van der Waals surface area contributed by atoms with Crippen molar-refractivity contribution in [1.29, 1.82) is 0 Å². The first-order valence-electron chi connectivity index (χ1n) is 7.39. The van der Waals surface area contributed by atoms with Gasteiger partial charge in [-0.1, -0.05) is 0 Å². The highest BCUT2D eigenvalue weighted by molar-refractivity contribution is 6.00. The number of H-pyrrole nitrogens is 1. The van der Waals surface area contributed by atoms with E-state index >= 15 is 0 Å². The number of rotatable bonds is 5. The van der Waals surface area contributed by atoms with Crippen LogP contribution in [0.1, 0.15) is 15.9 Å². The molecular weight excluding hydrogens is 306 g/mol. The molecule has 3 rings (SSSR count). The quantitative estimate of drug-likeness (QED) is 0.730. The number of aromatic nitrogens is 3. The average molecular weight is 323 g/mol. The van der Waals surface area contributed by atoms with Gasteiger partial charge >= 0.3 is 5.97 Å². The molecule has 0 aliphatic heterocycles. The van der Waals surface area contributed by atoms with Crippen LogP contribution in [-0.2, 0) is 16.1 Å². The van der Waals surface area contributed by atoms with Gasteiger partial charge in [-0.2, -0.15) is 0 Å². The first-order chi connectivity index (χ1) is 11.8. The number of aromatic amines is 1. The molecular formula is C18H17N3O3. The predicted octanol–water partition coefficient (Wildman–Crippen LogP) is 3.07. The smallest absolute Gasteiger partial charge is 0.340 e. The molecule has 0 atom stereocenters. The van der Waals surface area contributed by atoms with Gasteiger partial charge in [-0.25, -0.2) is 4.79 Å². The lowest BCUT2D eigenvalue weighted by Gasteiger charge is -2.06. The Morgan fingerprint density at radius 3 is 2.00 bits per heavy atom. The molecule has 3 aromatic rings. The van der Waals surface area contributed by atoms with Crippen LogP contribution in [0.2, 0.25) is 0 Å². The van der Waals surface area contributed by atoms with Gasteiger partial charge in [0.15, 0.2) is 0 Å². The number of nitrogens with zero attached hydrogens (tertiary/aromatic N) is 2. The molecule has 6 heteroatoms. The van der Waals surface area contributed by atoms with E-state index < -0.39 is 5.97 Å². The molecule has 0 aliphatic carbocycles. The maximum absolute atomic E-state index is 12.4. The Kier molecular flexibility index (Phi) is 4.67. The Bertz CT molecular complexity index is 829. The minimum atomic E-state index is -0.412. The van der Waals surface area contributed by atoms with E-state index in [1.165, 1.54) is 7.11 Å². The second kappa shape index (κ2) is 7.06. The van der Waals surface area contributed by atoms with Crippen molar-refractivity contribution >= 4 is 5.97 Å². The van der Waals surface area contributed by atoms with Crippen LogP contribution < -0.4 is 0 Å². The molecule has 0 bridgehead atoms. The third-order valence-electron chi connectivity index (χ3n) is 3.72. The molecule has 6 nitrogen and oxygen atoms in total. The van der Waals surface area contributed by atoms with E-state index in [0.29, 0.717) is 11.3 Å². The molecule has 0 aromatic carbocycles. The van der Waals surface area contributed by atoms with Gasteiger partial charge in [-0.15, -0.1) is 0 Å². The van der Waals surface area contributed by atoms with Crippen LogP contribution in [-0.4, -0.2) is 35.1 Å². The average Bonchev–Trinajstić information content (AvgIpc) is 3.02. The molecule has 24 heavy (non-hydrogen) atoms. The van der Waals surface area contributed by atoms with Gasteiger partial charge in [0.2, 0.25) is 0 Å². The van der Waals surface area contributed by atoms with Gasteiger partial charge in [0.1, 0.15) is 0 Å². The van der Waals surface area contributed by atoms with Crippen LogP contribution in [0.4, 0.5) is 0 Å². The summed E-state index contributed by atoms with van der Waals surface area (Å²) in [5, 5.41) is 0. The third kappa shape index (κ3) is 2.91. The number of carbonyl (C=O) groups excluding carboxylic acids is 1. The monoisotopic (exact) mass is 323 g/mol. The normalized spacial score (nSPS) is 10.6. The Hall–Kier alpha value is -2.99. The van der Waals surface area contributed by atoms with Crippen LogP contribution >= 0.6 is 0 Å². The summed E-state index contributed by atoms with van der Waals surface area (Å²) in [5.74, 6) is -0.412. The Morgan fingerprint density at radius 1 is 0.958 bits per heavy atom. The zero-order valence-corrected chi connectivity index (χ0v) is 13.4. The van der Waals surface area contributed by atoms with E-state index in [2.05, 4.69) is 15.0 Å². The van der Waals surface area contributed by atoms with Gasteiger partial charge in [-0.05, 0) is 24.3 Å². The van der Waals surface area contributed by atoms with Gasteiger partial charge in [0.25, 0.3) is 0 Å². The lowest BCUT2D eigenvalue weighted by molar-refractivity contribution is 0.0597. The minimum absolute atomic E-state index is 0.281. The Morgan fingerprint density at radius 2 is 1.50 bits per heavy atom. The van der Waals surface area contributed by atoms with Crippen molar-refractivity contribution < 1.29 is 14.3 Å².